The molecular formula is C65H117NO10. The molecule has 0 aromatic carbocycles. The molecule has 442 valence electrons. The number of hydrogen-bond donors (Lipinski definition) is 6. The van der Waals surface area contributed by atoms with E-state index in [4.69, 9.17) is 14.2 Å². The van der Waals surface area contributed by atoms with Crippen molar-refractivity contribution < 1.29 is 49.3 Å². The second-order valence-electron chi connectivity index (χ2n) is 21.8. The van der Waals surface area contributed by atoms with E-state index in [2.05, 4.69) is 74.7 Å². The largest absolute Gasteiger partial charge is 0.454 e. The van der Waals surface area contributed by atoms with Crippen LogP contribution in [-0.4, -0.2) is 99.6 Å². The maximum absolute atomic E-state index is 13.4. The highest BCUT2D eigenvalue weighted by atomic mass is 16.7. The standard InChI is InChI=1S/C65H117NO10/c1-4-7-10-13-16-19-22-24-26-27-28-29-30-31-32-33-34-37-40-43-46-49-52-58(69)64(73)66-56(57(68)51-48-45-42-39-36-21-18-15-12-9-6-3)55-74-65-63(62(72)61(71)59(54-67)75-65)76-60(70)53-50-47-44-41-38-35-25-23-20-17-14-11-8-5-2/h16,19,24,26,28-29,31-32,48,51,56-59,61-63,65,67-69,71-72H,4-15,17-18,20-23,25,27,30,33-47,49-50,52-55H2,1-3H3,(H,66,73)/b19-16-,26-24-,29-28-,32-31-,51-48+. The van der Waals surface area contributed by atoms with Crippen LogP contribution in [0.15, 0.2) is 60.8 Å². The van der Waals surface area contributed by atoms with Gasteiger partial charge >= 0.3 is 5.97 Å². The number of carbonyl (C=O) groups excluding carboxylic acids is 2. The fourth-order valence-corrected chi connectivity index (χ4v) is 9.64. The number of unbranched alkanes of at least 4 members (excludes halogenated alkanes) is 31. The fraction of sp³-hybridized carbons (Fsp3) is 0.815. The third-order valence-electron chi connectivity index (χ3n) is 14.7. The number of carbonyl (C=O) groups is 2. The van der Waals surface area contributed by atoms with E-state index in [0.717, 1.165) is 96.3 Å². The molecule has 0 aromatic rings. The lowest BCUT2D eigenvalue weighted by Gasteiger charge is -2.41. The molecule has 76 heavy (non-hydrogen) atoms. The summed E-state index contributed by atoms with van der Waals surface area (Å²) in [7, 11) is 0. The van der Waals surface area contributed by atoms with E-state index in [1.807, 2.05) is 6.08 Å². The van der Waals surface area contributed by atoms with Gasteiger partial charge in [0.2, 0.25) is 5.91 Å². The predicted octanol–water partition coefficient (Wildman–Crippen LogP) is 15.0. The highest BCUT2D eigenvalue weighted by Crippen LogP contribution is 2.26. The van der Waals surface area contributed by atoms with Crippen LogP contribution < -0.4 is 5.32 Å². The first-order chi connectivity index (χ1) is 37.2. The number of esters is 1. The Hall–Kier alpha value is -2.64. The van der Waals surface area contributed by atoms with Crippen LogP contribution in [0.2, 0.25) is 0 Å². The van der Waals surface area contributed by atoms with Crippen molar-refractivity contribution >= 4 is 11.9 Å². The Balaban J connectivity index is 2.65. The molecule has 1 aliphatic rings. The van der Waals surface area contributed by atoms with Gasteiger partial charge in [0.15, 0.2) is 12.4 Å². The van der Waals surface area contributed by atoms with Crippen LogP contribution in [0.3, 0.4) is 0 Å². The predicted molar refractivity (Wildman–Crippen MR) is 315 cm³/mol. The number of aliphatic hydroxyl groups excluding tert-OH is 5. The van der Waals surface area contributed by atoms with Crippen LogP contribution >= 0.6 is 0 Å². The van der Waals surface area contributed by atoms with Gasteiger partial charge in [0.05, 0.1) is 25.4 Å². The molecule has 8 unspecified atom stereocenters. The van der Waals surface area contributed by atoms with Crippen molar-refractivity contribution in [3.8, 4) is 0 Å². The summed E-state index contributed by atoms with van der Waals surface area (Å²) in [5.41, 5.74) is 0. The molecule has 1 amide bonds. The zero-order valence-electron chi connectivity index (χ0n) is 48.9. The molecule has 11 heteroatoms. The molecule has 0 spiro atoms. The number of rotatable bonds is 53. The first-order valence-corrected chi connectivity index (χ1v) is 31.6. The molecule has 1 fully saturated rings. The molecule has 0 aliphatic carbocycles. The second-order valence-corrected chi connectivity index (χ2v) is 21.8. The Morgan fingerprint density at radius 3 is 1.38 bits per heavy atom. The third-order valence-corrected chi connectivity index (χ3v) is 14.7. The second kappa shape index (κ2) is 53.0. The van der Waals surface area contributed by atoms with Gasteiger partial charge in [0.1, 0.15) is 24.4 Å². The molecule has 1 heterocycles. The number of hydrogen-bond acceptors (Lipinski definition) is 10. The maximum atomic E-state index is 13.4. The average molecular weight is 1070 g/mol. The lowest BCUT2D eigenvalue weighted by molar-refractivity contribution is -0.305. The van der Waals surface area contributed by atoms with Crippen molar-refractivity contribution in [2.75, 3.05) is 13.2 Å². The number of allylic oxidation sites excluding steroid dienone is 9. The van der Waals surface area contributed by atoms with E-state index in [9.17, 15) is 35.1 Å². The molecular weight excluding hydrogens is 955 g/mol. The lowest BCUT2D eigenvalue weighted by Crippen LogP contribution is -2.61. The normalized spacial score (nSPS) is 19.5. The number of nitrogens with one attached hydrogen (secondary N) is 1. The summed E-state index contributed by atoms with van der Waals surface area (Å²) in [6, 6.07) is -1.03. The van der Waals surface area contributed by atoms with Crippen molar-refractivity contribution in [2.45, 2.75) is 327 Å². The topological polar surface area (TPSA) is 175 Å². The smallest absolute Gasteiger partial charge is 0.306 e. The van der Waals surface area contributed by atoms with Crippen molar-refractivity contribution in [3.05, 3.63) is 60.8 Å². The van der Waals surface area contributed by atoms with Gasteiger partial charge in [0.25, 0.3) is 0 Å². The number of aliphatic hydroxyl groups is 5. The van der Waals surface area contributed by atoms with Gasteiger partial charge in [-0.15, -0.1) is 0 Å². The highest BCUT2D eigenvalue weighted by Gasteiger charge is 2.47. The molecule has 0 bridgehead atoms. The zero-order valence-corrected chi connectivity index (χ0v) is 48.9. The van der Waals surface area contributed by atoms with E-state index in [0.29, 0.717) is 12.8 Å². The van der Waals surface area contributed by atoms with Gasteiger partial charge in [-0.05, 0) is 70.6 Å². The van der Waals surface area contributed by atoms with Crippen molar-refractivity contribution in [2.24, 2.45) is 0 Å². The fourth-order valence-electron chi connectivity index (χ4n) is 9.64. The van der Waals surface area contributed by atoms with Gasteiger partial charge in [0, 0.05) is 6.42 Å². The van der Waals surface area contributed by atoms with Crippen LogP contribution in [0.4, 0.5) is 0 Å². The minimum atomic E-state index is -1.61. The summed E-state index contributed by atoms with van der Waals surface area (Å²) >= 11 is 0. The minimum absolute atomic E-state index is 0.124. The van der Waals surface area contributed by atoms with Crippen LogP contribution in [0.1, 0.15) is 278 Å². The molecule has 0 radical (unpaired) electrons. The van der Waals surface area contributed by atoms with E-state index in [-0.39, 0.29) is 19.4 Å². The van der Waals surface area contributed by atoms with Gasteiger partial charge in [-0.1, -0.05) is 261 Å². The van der Waals surface area contributed by atoms with Crippen LogP contribution in [0, 0.1) is 0 Å². The summed E-state index contributed by atoms with van der Waals surface area (Å²) < 4.78 is 17.6. The maximum Gasteiger partial charge on any atom is 0.306 e. The summed E-state index contributed by atoms with van der Waals surface area (Å²) in [4.78, 5) is 26.5. The molecule has 0 aromatic heterocycles. The van der Waals surface area contributed by atoms with Crippen molar-refractivity contribution in [1.29, 1.82) is 0 Å². The lowest BCUT2D eigenvalue weighted by atomic mass is 9.99. The molecule has 0 saturated carbocycles. The van der Waals surface area contributed by atoms with E-state index >= 15 is 0 Å². The Kier molecular flexibility index (Phi) is 49.8. The molecule has 11 nitrogen and oxygen atoms in total. The van der Waals surface area contributed by atoms with Crippen molar-refractivity contribution in [3.63, 3.8) is 0 Å². The van der Waals surface area contributed by atoms with Gasteiger partial charge in [-0.3, -0.25) is 9.59 Å². The average Bonchev–Trinajstić information content (AvgIpc) is 3.42. The Labute approximate surface area is 465 Å². The monoisotopic (exact) mass is 1070 g/mol. The summed E-state index contributed by atoms with van der Waals surface area (Å²) in [6.07, 6.45) is 55.4. The number of amides is 1. The SMILES string of the molecule is CCCCC/C=C\C/C=C\C/C=C\C/C=C\CCCCCCCCC(O)C(=O)NC(COC1OC(CO)C(O)C(O)C1OC(=O)CCCCCCCCCCCCCCCC)C(O)/C=C/CCCCCCCCCCC. The molecule has 8 atom stereocenters. The zero-order chi connectivity index (χ0) is 55.4. The Bertz CT molecular complexity index is 1460. The van der Waals surface area contributed by atoms with Crippen molar-refractivity contribution in [1.82, 2.24) is 5.32 Å². The molecule has 1 aliphatic heterocycles. The first kappa shape index (κ1) is 71.4. The van der Waals surface area contributed by atoms with Gasteiger partial charge in [-0.25, -0.2) is 0 Å². The van der Waals surface area contributed by atoms with Crippen LogP contribution in [0.25, 0.3) is 0 Å². The Morgan fingerprint density at radius 2 is 0.908 bits per heavy atom. The van der Waals surface area contributed by atoms with Gasteiger partial charge < -0.3 is 45.1 Å². The van der Waals surface area contributed by atoms with Crippen LogP contribution in [0.5, 0.6) is 0 Å². The summed E-state index contributed by atoms with van der Waals surface area (Å²) in [6.45, 7) is 5.75. The van der Waals surface area contributed by atoms with E-state index < -0.39 is 67.4 Å². The van der Waals surface area contributed by atoms with E-state index in [1.54, 1.807) is 6.08 Å². The summed E-state index contributed by atoms with van der Waals surface area (Å²) in [5.74, 6) is -1.20. The molecule has 1 rings (SSSR count). The van der Waals surface area contributed by atoms with Gasteiger partial charge in [-0.2, -0.15) is 0 Å². The minimum Gasteiger partial charge on any atom is -0.454 e. The number of ether oxygens (including phenoxy) is 3. The third kappa shape index (κ3) is 40.5. The first-order valence-electron chi connectivity index (χ1n) is 31.6. The molecule has 1 saturated heterocycles. The van der Waals surface area contributed by atoms with E-state index in [1.165, 1.54) is 135 Å². The highest BCUT2D eigenvalue weighted by molar-refractivity contribution is 5.80. The Morgan fingerprint density at radius 1 is 0.513 bits per heavy atom. The van der Waals surface area contributed by atoms with Crippen LogP contribution in [-0.2, 0) is 23.8 Å². The quantitative estimate of drug-likeness (QED) is 0.0195. The molecule has 6 N–H and O–H groups in total. The summed E-state index contributed by atoms with van der Waals surface area (Å²) in [5, 5.41) is 56.9.